The molecule has 1 aromatic heterocycles. The van der Waals surface area contributed by atoms with E-state index in [4.69, 9.17) is 53.8 Å². The maximum absolute atomic E-state index is 13.7. The molecule has 0 N–H and O–H groups in total. The van der Waals surface area contributed by atoms with Gasteiger partial charge in [0.25, 0.3) is 0 Å². The average molecular weight is 736 g/mol. The highest BCUT2D eigenvalue weighted by Crippen LogP contribution is 2.39. The van der Waals surface area contributed by atoms with Crippen LogP contribution in [0.3, 0.4) is 0 Å². The smallest absolute Gasteiger partial charge is 0.350 e. The van der Waals surface area contributed by atoms with Crippen LogP contribution in [0.5, 0.6) is 17.2 Å². The largest absolute Gasteiger partial charge is 1.00 e. The van der Waals surface area contributed by atoms with Crippen molar-refractivity contribution in [3.05, 3.63) is 115 Å². The number of ketones is 1. The molecule has 1 heterocycles. The zero-order valence-electron chi connectivity index (χ0n) is 24.4. The van der Waals surface area contributed by atoms with Crippen LogP contribution >= 0.6 is 34.8 Å². The molecule has 45 heavy (non-hydrogen) atoms. The van der Waals surface area contributed by atoms with Crippen molar-refractivity contribution in [2.24, 2.45) is 5.92 Å². The number of pyridine rings is 1. The molecular formula is C33H27BrCl3NO7. The summed E-state index contributed by atoms with van der Waals surface area (Å²) in [6.07, 6.45) is 4.10. The van der Waals surface area contributed by atoms with Crippen molar-refractivity contribution in [1.82, 2.24) is 0 Å². The standard InChI is InChI=1S/C33H27Cl3NO7.BrH/c1-41-28-12-20-11-21(30(38)24(20)15-29(28)42-2)10-18-8-9-37(16-19-6-4-5-7-23(19)32(39)43-3)17-25(18)33(40)44-31-26(35)13-22(34)14-27(31)36;/h4-9,12-15,17,21H,10-11,16H2,1-3H3;1H/q+1;/p-1. The van der Waals surface area contributed by atoms with Gasteiger partial charge in [-0.2, -0.15) is 4.57 Å². The number of benzene rings is 3. The van der Waals surface area contributed by atoms with E-state index in [2.05, 4.69) is 0 Å². The summed E-state index contributed by atoms with van der Waals surface area (Å²) in [7, 11) is 4.37. The van der Waals surface area contributed by atoms with Crippen molar-refractivity contribution in [2.75, 3.05) is 21.3 Å². The van der Waals surface area contributed by atoms with E-state index in [-0.39, 0.29) is 62.1 Å². The number of halogens is 4. The third-order valence-corrected chi connectivity index (χ3v) is 8.22. The first-order valence-electron chi connectivity index (χ1n) is 13.5. The van der Waals surface area contributed by atoms with E-state index in [1.54, 1.807) is 54.4 Å². The van der Waals surface area contributed by atoms with Gasteiger partial charge in [-0.25, -0.2) is 9.59 Å². The Kier molecular flexibility index (Phi) is 11.1. The van der Waals surface area contributed by atoms with Crippen molar-refractivity contribution in [2.45, 2.75) is 19.4 Å². The molecular weight excluding hydrogens is 709 g/mol. The van der Waals surface area contributed by atoms with Crippen LogP contribution in [0, 0.1) is 5.92 Å². The molecule has 0 spiro atoms. The van der Waals surface area contributed by atoms with Crippen molar-refractivity contribution in [1.29, 1.82) is 0 Å². The summed E-state index contributed by atoms with van der Waals surface area (Å²) in [5, 5.41) is 0.421. The summed E-state index contributed by atoms with van der Waals surface area (Å²) in [4.78, 5) is 39.6. The van der Waals surface area contributed by atoms with E-state index < -0.39 is 17.9 Å². The Morgan fingerprint density at radius 3 is 2.20 bits per heavy atom. The van der Waals surface area contributed by atoms with E-state index in [9.17, 15) is 14.4 Å². The lowest BCUT2D eigenvalue weighted by Crippen LogP contribution is -3.00. The minimum absolute atomic E-state index is 0. The van der Waals surface area contributed by atoms with Gasteiger partial charge in [-0.05, 0) is 54.3 Å². The van der Waals surface area contributed by atoms with Gasteiger partial charge in [0.1, 0.15) is 5.56 Å². The SMILES string of the molecule is COC(=O)c1ccccc1C[n+]1ccc(CC2Cc3cc(OC)c(OC)cc3C2=O)c(C(=O)Oc2c(Cl)cc(Cl)cc2Cl)c1.[Br-]. The molecule has 1 unspecified atom stereocenters. The second-order valence-electron chi connectivity index (χ2n) is 10.1. The molecule has 1 aliphatic rings. The maximum Gasteiger partial charge on any atom is 0.350 e. The lowest BCUT2D eigenvalue weighted by Gasteiger charge is -2.13. The number of fused-ring (bicyclic) bond motifs is 1. The van der Waals surface area contributed by atoms with Gasteiger partial charge in [-0.15, -0.1) is 0 Å². The summed E-state index contributed by atoms with van der Waals surface area (Å²) in [5.41, 5.74) is 3.26. The number of aromatic nitrogens is 1. The molecule has 5 rings (SSSR count). The molecule has 0 radical (unpaired) electrons. The predicted octanol–water partition coefficient (Wildman–Crippen LogP) is 3.61. The summed E-state index contributed by atoms with van der Waals surface area (Å²) >= 11 is 18.6. The molecule has 1 atom stereocenters. The lowest BCUT2D eigenvalue weighted by molar-refractivity contribution is -0.688. The zero-order chi connectivity index (χ0) is 31.5. The van der Waals surface area contributed by atoms with Gasteiger partial charge in [0, 0.05) is 28.1 Å². The molecule has 8 nitrogen and oxygen atoms in total. The summed E-state index contributed by atoms with van der Waals surface area (Å²) < 4.78 is 23.2. The van der Waals surface area contributed by atoms with Gasteiger partial charge < -0.3 is 35.9 Å². The molecule has 0 saturated heterocycles. The molecule has 0 saturated carbocycles. The third-order valence-electron chi connectivity index (χ3n) is 7.44. The Labute approximate surface area is 285 Å². The number of hydrogen-bond donors (Lipinski definition) is 0. The number of ether oxygens (including phenoxy) is 4. The summed E-state index contributed by atoms with van der Waals surface area (Å²) in [6, 6.07) is 15.1. The molecule has 0 bridgehead atoms. The molecule has 1 aliphatic carbocycles. The number of carbonyl (C=O) groups excluding carboxylic acids is 3. The van der Waals surface area contributed by atoms with Crippen LogP contribution < -0.4 is 35.8 Å². The predicted molar refractivity (Wildman–Crippen MR) is 165 cm³/mol. The number of methoxy groups -OCH3 is 3. The van der Waals surface area contributed by atoms with Crippen LogP contribution in [0.1, 0.15) is 47.8 Å². The van der Waals surface area contributed by atoms with Crippen LogP contribution in [0.25, 0.3) is 0 Å². The van der Waals surface area contributed by atoms with Crippen molar-refractivity contribution in [3.8, 4) is 17.2 Å². The quantitative estimate of drug-likeness (QED) is 0.148. The number of rotatable bonds is 9. The minimum atomic E-state index is -0.729. The maximum atomic E-state index is 13.7. The molecule has 4 aromatic rings. The Bertz CT molecular complexity index is 1770. The fraction of sp³-hybridized carbons (Fsp3) is 0.212. The second kappa shape index (κ2) is 14.6. The Morgan fingerprint density at radius 2 is 1.53 bits per heavy atom. The van der Waals surface area contributed by atoms with E-state index in [0.717, 1.165) is 5.56 Å². The van der Waals surface area contributed by atoms with E-state index in [1.165, 1.54) is 26.4 Å². The number of esters is 2. The Balaban J connectivity index is 0.00000461. The van der Waals surface area contributed by atoms with Gasteiger partial charge in [-0.1, -0.05) is 53.0 Å². The Hall–Kier alpha value is -3.63. The van der Waals surface area contributed by atoms with Crippen LogP contribution in [0.2, 0.25) is 15.1 Å². The van der Waals surface area contributed by atoms with Gasteiger partial charge >= 0.3 is 11.9 Å². The number of Topliss-reactive ketones (excluding diaryl/α,β-unsaturated/α-hetero) is 1. The first-order valence-corrected chi connectivity index (χ1v) is 14.6. The minimum Gasteiger partial charge on any atom is -1.00 e. The van der Waals surface area contributed by atoms with Gasteiger partial charge in [0.2, 0.25) is 0 Å². The van der Waals surface area contributed by atoms with E-state index in [0.29, 0.717) is 40.2 Å². The molecule has 0 aliphatic heterocycles. The van der Waals surface area contributed by atoms with E-state index in [1.807, 2.05) is 12.1 Å². The van der Waals surface area contributed by atoms with E-state index >= 15 is 0 Å². The molecule has 0 amide bonds. The summed E-state index contributed by atoms with van der Waals surface area (Å²) in [6.45, 7) is 0.252. The number of nitrogens with zero attached hydrogens (tertiary/aromatic N) is 1. The lowest BCUT2D eigenvalue weighted by atomic mass is 9.93. The van der Waals surface area contributed by atoms with Gasteiger partial charge in [-0.3, -0.25) is 4.79 Å². The highest BCUT2D eigenvalue weighted by Gasteiger charge is 2.34. The fourth-order valence-corrected chi connectivity index (χ4v) is 6.19. The molecule has 3 aromatic carbocycles. The first kappa shape index (κ1) is 34.2. The molecule has 0 fully saturated rings. The number of carbonyl (C=O) groups is 3. The highest BCUT2D eigenvalue weighted by atomic mass is 79.9. The highest BCUT2D eigenvalue weighted by molar-refractivity contribution is 6.40. The fourth-order valence-electron chi connectivity index (χ4n) is 5.29. The third kappa shape index (κ3) is 7.28. The monoisotopic (exact) mass is 733 g/mol. The van der Waals surface area contributed by atoms with Gasteiger partial charge in [0.05, 0.1) is 36.9 Å². The van der Waals surface area contributed by atoms with Gasteiger partial charge in [0.15, 0.2) is 42.0 Å². The Morgan fingerprint density at radius 1 is 0.867 bits per heavy atom. The van der Waals surface area contributed by atoms with Crippen molar-refractivity contribution < 1.29 is 54.9 Å². The van der Waals surface area contributed by atoms with Crippen LogP contribution in [0.15, 0.2) is 67.0 Å². The van der Waals surface area contributed by atoms with Crippen LogP contribution in [-0.2, 0) is 24.1 Å². The van der Waals surface area contributed by atoms with Crippen LogP contribution in [-0.4, -0.2) is 39.1 Å². The number of hydrogen-bond acceptors (Lipinski definition) is 7. The van der Waals surface area contributed by atoms with Crippen molar-refractivity contribution >= 4 is 52.5 Å². The first-order chi connectivity index (χ1) is 21.1. The average Bonchev–Trinajstić information content (AvgIpc) is 3.31. The van der Waals surface area contributed by atoms with Crippen molar-refractivity contribution in [3.63, 3.8) is 0 Å². The molecule has 12 heteroatoms. The second-order valence-corrected chi connectivity index (χ2v) is 11.4. The van der Waals surface area contributed by atoms with Crippen LogP contribution in [0.4, 0.5) is 0 Å². The normalized spacial score (nSPS) is 13.5. The molecule has 234 valence electrons. The topological polar surface area (TPSA) is 92.0 Å². The zero-order valence-corrected chi connectivity index (χ0v) is 28.2. The summed E-state index contributed by atoms with van der Waals surface area (Å²) in [5.74, 6) is -0.739.